The van der Waals surface area contributed by atoms with E-state index in [2.05, 4.69) is 6.07 Å². The van der Waals surface area contributed by atoms with Crippen LogP contribution in [0.1, 0.15) is 21.5 Å². The number of benzene rings is 3. The van der Waals surface area contributed by atoms with Crippen LogP contribution in [0.5, 0.6) is 5.75 Å². The summed E-state index contributed by atoms with van der Waals surface area (Å²) in [5.74, 6) is 0.284. The summed E-state index contributed by atoms with van der Waals surface area (Å²) in [5, 5.41) is 9.95. The molecule has 1 aromatic heterocycles. The third kappa shape index (κ3) is 3.85. The van der Waals surface area contributed by atoms with Gasteiger partial charge in [0.2, 0.25) is 0 Å². The average Bonchev–Trinajstić information content (AvgIpc) is 2.82. The summed E-state index contributed by atoms with van der Waals surface area (Å²) in [6.07, 6.45) is 0. The van der Waals surface area contributed by atoms with Crippen molar-refractivity contribution in [1.29, 1.82) is 5.26 Å². The first-order chi connectivity index (χ1) is 14.7. The number of methoxy groups -OCH3 is 1. The lowest BCUT2D eigenvalue weighted by Crippen LogP contribution is -2.08. The molecule has 5 nitrogen and oxygen atoms in total. The molecule has 0 spiro atoms. The van der Waals surface area contributed by atoms with E-state index in [1.807, 2.05) is 54.6 Å². The number of nitriles is 1. The largest absolute Gasteiger partial charge is 0.497 e. The maximum Gasteiger partial charge on any atom is 0.339 e. The van der Waals surface area contributed by atoms with Crippen LogP contribution >= 0.6 is 0 Å². The molecule has 3 aromatic carbocycles. The summed E-state index contributed by atoms with van der Waals surface area (Å²) < 4.78 is 10.8. The first-order valence-corrected chi connectivity index (χ1v) is 9.39. The zero-order chi connectivity index (χ0) is 20.9. The van der Waals surface area contributed by atoms with Crippen molar-refractivity contribution in [3.8, 4) is 23.1 Å². The summed E-state index contributed by atoms with van der Waals surface area (Å²) in [6, 6.07) is 25.9. The molecule has 1 heterocycles. The summed E-state index contributed by atoms with van der Waals surface area (Å²) >= 11 is 0. The molecule has 0 aliphatic heterocycles. The maximum absolute atomic E-state index is 13.0. The van der Waals surface area contributed by atoms with Gasteiger partial charge >= 0.3 is 5.97 Å². The normalized spacial score (nSPS) is 10.4. The second-order valence-electron chi connectivity index (χ2n) is 6.65. The average molecular weight is 394 g/mol. The van der Waals surface area contributed by atoms with Crippen LogP contribution in [0.4, 0.5) is 0 Å². The minimum Gasteiger partial charge on any atom is -0.497 e. The molecule has 4 aromatic rings. The van der Waals surface area contributed by atoms with Crippen molar-refractivity contribution >= 4 is 16.9 Å². The van der Waals surface area contributed by atoms with Crippen LogP contribution in [0.25, 0.3) is 22.2 Å². The highest BCUT2D eigenvalue weighted by molar-refractivity contribution is 6.04. The number of esters is 1. The number of pyridine rings is 1. The topological polar surface area (TPSA) is 72.2 Å². The number of hydrogen-bond acceptors (Lipinski definition) is 5. The van der Waals surface area contributed by atoms with Crippen LogP contribution in [-0.2, 0) is 11.3 Å². The van der Waals surface area contributed by atoms with Crippen molar-refractivity contribution in [3.05, 3.63) is 95.6 Å². The molecule has 0 N–H and O–H groups in total. The molecule has 0 radical (unpaired) electrons. The monoisotopic (exact) mass is 394 g/mol. The van der Waals surface area contributed by atoms with E-state index in [1.54, 1.807) is 31.4 Å². The summed E-state index contributed by atoms with van der Waals surface area (Å²) in [6.45, 7) is 0.0249. The lowest BCUT2D eigenvalue weighted by Gasteiger charge is -2.11. The van der Waals surface area contributed by atoms with Gasteiger partial charge in [-0.3, -0.25) is 0 Å². The van der Waals surface area contributed by atoms with Gasteiger partial charge in [0.1, 0.15) is 12.4 Å². The van der Waals surface area contributed by atoms with Crippen molar-refractivity contribution in [1.82, 2.24) is 4.98 Å². The molecule has 146 valence electrons. The molecule has 0 amide bonds. The highest BCUT2D eigenvalue weighted by Crippen LogP contribution is 2.27. The fourth-order valence-electron chi connectivity index (χ4n) is 3.23. The highest BCUT2D eigenvalue weighted by atomic mass is 16.5. The van der Waals surface area contributed by atoms with Crippen LogP contribution in [0.2, 0.25) is 0 Å². The molecule has 0 aliphatic rings. The Morgan fingerprint density at radius 3 is 2.50 bits per heavy atom. The zero-order valence-corrected chi connectivity index (χ0v) is 16.3. The van der Waals surface area contributed by atoms with E-state index in [0.29, 0.717) is 33.3 Å². The Hall–Kier alpha value is -4.17. The number of fused-ring (bicyclic) bond motifs is 1. The van der Waals surface area contributed by atoms with E-state index in [1.165, 1.54) is 0 Å². The minimum atomic E-state index is -0.462. The van der Waals surface area contributed by atoms with Crippen LogP contribution in [-0.4, -0.2) is 18.1 Å². The van der Waals surface area contributed by atoms with Gasteiger partial charge in [0.05, 0.1) is 35.5 Å². The molecule has 0 fully saturated rings. The SMILES string of the molecule is COc1ccc(-c2cc(C(=O)OCc3ccccc3C#N)c3ccccc3n2)cc1. The molecule has 30 heavy (non-hydrogen) atoms. The number of carbonyl (C=O) groups excluding carboxylic acids is 1. The Morgan fingerprint density at radius 1 is 1.00 bits per heavy atom. The summed E-state index contributed by atoms with van der Waals surface area (Å²) in [4.78, 5) is 17.7. The van der Waals surface area contributed by atoms with Gasteiger partial charge in [0, 0.05) is 16.5 Å². The van der Waals surface area contributed by atoms with Crippen molar-refractivity contribution in [2.24, 2.45) is 0 Å². The van der Waals surface area contributed by atoms with Gasteiger partial charge in [0.25, 0.3) is 0 Å². The van der Waals surface area contributed by atoms with Gasteiger partial charge in [-0.1, -0.05) is 36.4 Å². The highest BCUT2D eigenvalue weighted by Gasteiger charge is 2.16. The second kappa shape index (κ2) is 8.46. The number of aromatic nitrogens is 1. The van der Waals surface area contributed by atoms with Crippen molar-refractivity contribution in [3.63, 3.8) is 0 Å². The lowest BCUT2D eigenvalue weighted by atomic mass is 10.0. The van der Waals surface area contributed by atoms with Crippen molar-refractivity contribution < 1.29 is 14.3 Å². The Balaban J connectivity index is 1.70. The zero-order valence-electron chi connectivity index (χ0n) is 16.3. The van der Waals surface area contributed by atoms with E-state index in [9.17, 15) is 10.1 Å². The van der Waals surface area contributed by atoms with Gasteiger partial charge in [-0.15, -0.1) is 0 Å². The fourth-order valence-corrected chi connectivity index (χ4v) is 3.23. The van der Waals surface area contributed by atoms with Crippen LogP contribution in [0.15, 0.2) is 78.9 Å². The molecule has 0 saturated heterocycles. The molecule has 4 rings (SSSR count). The molecule has 0 aliphatic carbocycles. The molecule has 0 saturated carbocycles. The predicted octanol–water partition coefficient (Wildman–Crippen LogP) is 5.14. The van der Waals surface area contributed by atoms with Crippen molar-refractivity contribution in [2.45, 2.75) is 6.61 Å². The number of carbonyl (C=O) groups is 1. The van der Waals surface area contributed by atoms with Gasteiger partial charge in [0.15, 0.2) is 0 Å². The van der Waals surface area contributed by atoms with E-state index >= 15 is 0 Å². The summed E-state index contributed by atoms with van der Waals surface area (Å²) in [7, 11) is 1.61. The first kappa shape index (κ1) is 19.2. The minimum absolute atomic E-state index is 0.0249. The van der Waals surface area contributed by atoms with Crippen LogP contribution < -0.4 is 4.74 Å². The first-order valence-electron chi connectivity index (χ1n) is 9.39. The van der Waals surface area contributed by atoms with Gasteiger partial charge in [-0.05, 0) is 42.5 Å². The molecular formula is C25H18N2O3. The third-order valence-corrected chi connectivity index (χ3v) is 4.82. The number of nitrogens with zero attached hydrogens (tertiary/aromatic N) is 2. The molecule has 0 unspecified atom stereocenters. The van der Waals surface area contributed by atoms with Gasteiger partial charge < -0.3 is 9.47 Å². The molecule has 0 atom stereocenters. The van der Waals surface area contributed by atoms with E-state index in [-0.39, 0.29) is 6.61 Å². The maximum atomic E-state index is 13.0. The number of hydrogen-bond donors (Lipinski definition) is 0. The predicted molar refractivity (Wildman–Crippen MR) is 114 cm³/mol. The molecule has 5 heteroatoms. The Morgan fingerprint density at radius 2 is 1.73 bits per heavy atom. The van der Waals surface area contributed by atoms with Gasteiger partial charge in [-0.25, -0.2) is 9.78 Å². The van der Waals surface area contributed by atoms with E-state index < -0.39 is 5.97 Å². The second-order valence-corrected chi connectivity index (χ2v) is 6.65. The number of ether oxygens (including phenoxy) is 2. The number of para-hydroxylation sites is 1. The van der Waals surface area contributed by atoms with E-state index in [4.69, 9.17) is 14.5 Å². The third-order valence-electron chi connectivity index (χ3n) is 4.82. The quantitative estimate of drug-likeness (QED) is 0.438. The smallest absolute Gasteiger partial charge is 0.339 e. The Kier molecular flexibility index (Phi) is 5.40. The number of rotatable bonds is 5. The van der Waals surface area contributed by atoms with Crippen LogP contribution in [0, 0.1) is 11.3 Å². The lowest BCUT2D eigenvalue weighted by molar-refractivity contribution is 0.0475. The van der Waals surface area contributed by atoms with Gasteiger partial charge in [-0.2, -0.15) is 5.26 Å². The Bertz CT molecular complexity index is 1260. The Labute approximate surface area is 174 Å². The summed E-state index contributed by atoms with van der Waals surface area (Å²) in [5.41, 5.74) is 3.83. The van der Waals surface area contributed by atoms with E-state index in [0.717, 1.165) is 11.3 Å². The van der Waals surface area contributed by atoms with Crippen molar-refractivity contribution in [2.75, 3.05) is 7.11 Å². The standard InChI is InChI=1S/C25H18N2O3/c1-29-20-12-10-17(11-13-20)24-14-22(21-8-4-5-9-23(21)27-24)25(28)30-16-19-7-3-2-6-18(19)15-26/h2-14H,16H2,1H3. The fraction of sp³-hybridized carbons (Fsp3) is 0.0800. The molecule has 0 bridgehead atoms. The van der Waals surface area contributed by atoms with Crippen LogP contribution in [0.3, 0.4) is 0 Å². The molecular weight excluding hydrogens is 376 g/mol.